The van der Waals surface area contributed by atoms with Gasteiger partial charge >= 0.3 is 0 Å². The van der Waals surface area contributed by atoms with Gasteiger partial charge in [0.25, 0.3) is 0 Å². The molecule has 0 aliphatic carbocycles. The Bertz CT molecular complexity index is 618. The van der Waals surface area contributed by atoms with E-state index in [1.807, 2.05) is 36.4 Å². The average Bonchev–Trinajstić information content (AvgIpc) is 2.39. The number of hydrogen-bond acceptors (Lipinski definition) is 2. The molecule has 0 saturated carbocycles. The molecule has 0 fully saturated rings. The Kier molecular flexibility index (Phi) is 3.17. The number of fused-ring (bicyclic) bond motifs is 1. The van der Waals surface area contributed by atoms with Crippen LogP contribution >= 0.6 is 0 Å². The van der Waals surface area contributed by atoms with Crippen molar-refractivity contribution in [3.8, 4) is 11.3 Å². The maximum Gasteiger partial charge on any atom is 0.0709 e. The summed E-state index contributed by atoms with van der Waals surface area (Å²) in [6.45, 7) is 0. The van der Waals surface area contributed by atoms with E-state index in [1.165, 1.54) is 5.39 Å². The van der Waals surface area contributed by atoms with Crippen molar-refractivity contribution in [2.24, 2.45) is 0 Å². The highest BCUT2D eigenvalue weighted by Crippen LogP contribution is 2.20. The summed E-state index contributed by atoms with van der Waals surface area (Å²) in [7, 11) is 0. The summed E-state index contributed by atoms with van der Waals surface area (Å²) >= 11 is 0. The number of pyridine rings is 1. The second-order valence-electron chi connectivity index (χ2n) is 3.76. The molecule has 84 valence electrons. The van der Waals surface area contributed by atoms with Gasteiger partial charge in [-0.3, -0.25) is 0 Å². The summed E-state index contributed by atoms with van der Waals surface area (Å²) in [6, 6.07) is 22.6. The highest BCUT2D eigenvalue weighted by atomic mass is 14.7. The second-order valence-corrected chi connectivity index (χ2v) is 3.76. The molecule has 0 amide bonds. The molecule has 17 heavy (non-hydrogen) atoms. The van der Waals surface area contributed by atoms with E-state index in [9.17, 15) is 0 Å². The number of nitrogens with zero attached hydrogens (tertiary/aromatic N) is 1. The lowest BCUT2D eigenvalue weighted by atomic mass is 10.1. The van der Waals surface area contributed by atoms with Crippen LogP contribution in [0.4, 0.5) is 0 Å². The van der Waals surface area contributed by atoms with E-state index >= 15 is 0 Å². The minimum atomic E-state index is 0. The van der Waals surface area contributed by atoms with Crippen LogP contribution in [0.2, 0.25) is 0 Å². The largest absolute Gasteiger partial charge is 0.344 e. The van der Waals surface area contributed by atoms with Crippen LogP contribution in [0.3, 0.4) is 0 Å². The SMILES string of the molecule is N.c1ccc(-c2ccc3ccccc3n2)cc1. The lowest BCUT2D eigenvalue weighted by Gasteiger charge is -2.02. The minimum absolute atomic E-state index is 0. The van der Waals surface area contributed by atoms with Crippen LogP contribution in [0.1, 0.15) is 0 Å². The van der Waals surface area contributed by atoms with Gasteiger partial charge < -0.3 is 6.15 Å². The standard InChI is InChI=1S/C15H11N.H3N/c1-2-6-12(7-3-1)15-11-10-13-8-4-5-9-14(13)16-15;/h1-11H;1H3. The van der Waals surface area contributed by atoms with Gasteiger partial charge in [-0.1, -0.05) is 54.6 Å². The van der Waals surface area contributed by atoms with Crippen molar-refractivity contribution < 1.29 is 0 Å². The average molecular weight is 222 g/mol. The molecule has 2 aromatic carbocycles. The van der Waals surface area contributed by atoms with Gasteiger partial charge in [0.2, 0.25) is 0 Å². The molecule has 0 unspecified atom stereocenters. The number of rotatable bonds is 1. The molecule has 0 radical (unpaired) electrons. The van der Waals surface area contributed by atoms with Crippen molar-refractivity contribution in [2.75, 3.05) is 0 Å². The van der Waals surface area contributed by atoms with Gasteiger partial charge in [-0.2, -0.15) is 0 Å². The number of aromatic nitrogens is 1. The monoisotopic (exact) mass is 222 g/mol. The maximum atomic E-state index is 4.65. The normalized spacial score (nSPS) is 9.88. The first kappa shape index (κ1) is 11.3. The molecule has 3 N–H and O–H groups in total. The van der Waals surface area contributed by atoms with Crippen molar-refractivity contribution in [1.29, 1.82) is 0 Å². The van der Waals surface area contributed by atoms with Crippen molar-refractivity contribution in [1.82, 2.24) is 11.1 Å². The van der Waals surface area contributed by atoms with Gasteiger partial charge in [0.15, 0.2) is 0 Å². The van der Waals surface area contributed by atoms with Crippen LogP contribution in [0.15, 0.2) is 66.7 Å². The third-order valence-electron chi connectivity index (χ3n) is 2.67. The van der Waals surface area contributed by atoms with Crippen LogP contribution in [0.5, 0.6) is 0 Å². The summed E-state index contributed by atoms with van der Waals surface area (Å²) in [5.41, 5.74) is 3.23. The highest BCUT2D eigenvalue weighted by molar-refractivity contribution is 5.81. The van der Waals surface area contributed by atoms with Gasteiger partial charge in [0.05, 0.1) is 11.2 Å². The number of hydrogen-bond donors (Lipinski definition) is 1. The van der Waals surface area contributed by atoms with Crippen molar-refractivity contribution in [3.63, 3.8) is 0 Å². The van der Waals surface area contributed by atoms with Crippen LogP contribution in [0, 0.1) is 0 Å². The smallest absolute Gasteiger partial charge is 0.0709 e. The van der Waals surface area contributed by atoms with Gasteiger partial charge in [0.1, 0.15) is 0 Å². The van der Waals surface area contributed by atoms with Crippen LogP contribution in [-0.4, -0.2) is 4.98 Å². The van der Waals surface area contributed by atoms with E-state index in [-0.39, 0.29) is 6.15 Å². The predicted octanol–water partition coefficient (Wildman–Crippen LogP) is 4.06. The molecular formula is C15H14N2. The molecule has 0 atom stereocenters. The zero-order chi connectivity index (χ0) is 10.8. The van der Waals surface area contributed by atoms with Gasteiger partial charge in [-0.15, -0.1) is 0 Å². The van der Waals surface area contributed by atoms with Gasteiger partial charge in [-0.25, -0.2) is 4.98 Å². The van der Waals surface area contributed by atoms with E-state index in [0.717, 1.165) is 16.8 Å². The van der Waals surface area contributed by atoms with E-state index in [1.54, 1.807) is 0 Å². The van der Waals surface area contributed by atoms with E-state index in [0.29, 0.717) is 0 Å². The highest BCUT2D eigenvalue weighted by Gasteiger charge is 1.99. The second kappa shape index (κ2) is 4.76. The summed E-state index contributed by atoms with van der Waals surface area (Å²) in [5.74, 6) is 0. The first-order valence-corrected chi connectivity index (χ1v) is 5.35. The van der Waals surface area contributed by atoms with Gasteiger partial charge in [-0.05, 0) is 12.1 Å². The fraction of sp³-hybridized carbons (Fsp3) is 0. The lowest BCUT2D eigenvalue weighted by Crippen LogP contribution is -1.84. The molecule has 0 spiro atoms. The van der Waals surface area contributed by atoms with Gasteiger partial charge in [0, 0.05) is 10.9 Å². The van der Waals surface area contributed by atoms with Crippen molar-refractivity contribution in [2.45, 2.75) is 0 Å². The van der Waals surface area contributed by atoms with E-state index in [4.69, 9.17) is 0 Å². The van der Waals surface area contributed by atoms with Crippen LogP contribution in [-0.2, 0) is 0 Å². The molecule has 0 saturated heterocycles. The maximum absolute atomic E-state index is 4.65. The Morgan fingerprint density at radius 1 is 0.647 bits per heavy atom. The molecule has 0 aliphatic heterocycles. The topological polar surface area (TPSA) is 47.9 Å². The number of para-hydroxylation sites is 1. The first-order valence-electron chi connectivity index (χ1n) is 5.35. The van der Waals surface area contributed by atoms with E-state index < -0.39 is 0 Å². The quantitative estimate of drug-likeness (QED) is 0.674. The fourth-order valence-electron chi connectivity index (χ4n) is 1.84. The van der Waals surface area contributed by atoms with Crippen LogP contribution in [0.25, 0.3) is 22.2 Å². The first-order chi connectivity index (χ1) is 7.93. The lowest BCUT2D eigenvalue weighted by molar-refractivity contribution is 1.40. The zero-order valence-corrected chi connectivity index (χ0v) is 9.51. The minimum Gasteiger partial charge on any atom is -0.344 e. The molecule has 2 heteroatoms. The Hall–Kier alpha value is -2.19. The Balaban J connectivity index is 0.00000108. The Labute approximate surface area is 101 Å². The summed E-state index contributed by atoms with van der Waals surface area (Å²) < 4.78 is 0. The number of benzene rings is 2. The Morgan fingerprint density at radius 2 is 1.35 bits per heavy atom. The molecule has 1 heterocycles. The zero-order valence-electron chi connectivity index (χ0n) is 9.51. The summed E-state index contributed by atoms with van der Waals surface area (Å²) in [6.07, 6.45) is 0. The fourth-order valence-corrected chi connectivity index (χ4v) is 1.84. The molecule has 0 aliphatic rings. The van der Waals surface area contributed by atoms with E-state index in [2.05, 4.69) is 35.3 Å². The third-order valence-corrected chi connectivity index (χ3v) is 2.67. The molecule has 3 rings (SSSR count). The van der Waals surface area contributed by atoms with Crippen LogP contribution < -0.4 is 6.15 Å². The third kappa shape index (κ3) is 2.17. The summed E-state index contributed by atoms with van der Waals surface area (Å²) in [5, 5.41) is 1.18. The molecular weight excluding hydrogens is 208 g/mol. The van der Waals surface area contributed by atoms with Crippen molar-refractivity contribution >= 4 is 10.9 Å². The molecule has 1 aromatic heterocycles. The molecule has 3 aromatic rings. The van der Waals surface area contributed by atoms with Crippen molar-refractivity contribution in [3.05, 3.63) is 66.7 Å². The molecule has 0 bridgehead atoms. The Morgan fingerprint density at radius 3 is 2.18 bits per heavy atom. The molecule has 2 nitrogen and oxygen atoms in total. The predicted molar refractivity (Wildman–Crippen MR) is 72.2 cm³/mol. The summed E-state index contributed by atoms with van der Waals surface area (Å²) in [4.78, 5) is 4.65.